The zero-order valence-corrected chi connectivity index (χ0v) is 16.2. The van der Waals surface area contributed by atoms with Crippen LogP contribution in [0.5, 0.6) is 0 Å². The molecule has 1 aliphatic heterocycles. The van der Waals surface area contributed by atoms with E-state index < -0.39 is 10.0 Å². The average Bonchev–Trinajstić information content (AvgIpc) is 2.91. The molecular weight excluding hydrogens is 362 g/mol. The van der Waals surface area contributed by atoms with E-state index in [9.17, 15) is 8.42 Å². The first-order chi connectivity index (χ1) is 13.0. The second kappa shape index (κ2) is 7.42. The number of aromatic nitrogens is 1. The number of hydrogen-bond acceptors (Lipinski definition) is 5. The number of aryl methyl sites for hydroxylation is 1. The van der Waals surface area contributed by atoms with Crippen LogP contribution in [0.25, 0.3) is 11.1 Å². The Labute approximate surface area is 159 Å². The first kappa shape index (κ1) is 18.2. The Hall–Kier alpha value is -2.22. The van der Waals surface area contributed by atoms with Crippen LogP contribution in [0.2, 0.25) is 0 Å². The summed E-state index contributed by atoms with van der Waals surface area (Å²) in [7, 11) is -3.45. The minimum absolute atomic E-state index is 0.362. The number of benzene rings is 2. The molecule has 0 N–H and O–H groups in total. The van der Waals surface area contributed by atoms with Crippen LogP contribution in [-0.2, 0) is 16.6 Å². The molecule has 6 nitrogen and oxygen atoms in total. The molecule has 0 atom stereocenters. The topological polar surface area (TPSA) is 66.7 Å². The fraction of sp³-hybridized carbons (Fsp3) is 0.350. The molecule has 4 rings (SSSR count). The first-order valence-electron chi connectivity index (χ1n) is 9.16. The molecule has 0 bridgehead atoms. The number of para-hydroxylation sites is 2. The van der Waals surface area contributed by atoms with Crippen LogP contribution < -0.4 is 0 Å². The highest BCUT2D eigenvalue weighted by Gasteiger charge is 2.27. The summed E-state index contributed by atoms with van der Waals surface area (Å²) < 4.78 is 33.2. The lowest BCUT2D eigenvalue weighted by Crippen LogP contribution is -2.35. The maximum absolute atomic E-state index is 12.9. The van der Waals surface area contributed by atoms with Crippen LogP contribution in [0.3, 0.4) is 0 Å². The molecule has 7 heteroatoms. The molecule has 0 amide bonds. The number of oxazole rings is 1. The Bertz CT molecular complexity index is 995. The lowest BCUT2D eigenvalue weighted by Gasteiger charge is -2.21. The molecule has 1 fully saturated rings. The fourth-order valence-electron chi connectivity index (χ4n) is 3.38. The van der Waals surface area contributed by atoms with Crippen molar-refractivity contribution in [1.82, 2.24) is 14.2 Å². The molecule has 3 aromatic rings. The van der Waals surface area contributed by atoms with Gasteiger partial charge in [-0.15, -0.1) is 0 Å². The number of nitrogens with zero attached hydrogens (tertiary/aromatic N) is 3. The molecule has 27 heavy (non-hydrogen) atoms. The summed E-state index contributed by atoms with van der Waals surface area (Å²) in [6, 6.07) is 14.8. The Morgan fingerprint density at radius 2 is 1.78 bits per heavy atom. The van der Waals surface area contributed by atoms with Gasteiger partial charge in [0.05, 0.1) is 11.4 Å². The molecule has 0 unspecified atom stereocenters. The predicted molar refractivity (Wildman–Crippen MR) is 104 cm³/mol. The minimum atomic E-state index is -3.45. The summed E-state index contributed by atoms with van der Waals surface area (Å²) in [6.45, 7) is 5.01. The predicted octanol–water partition coefficient (Wildman–Crippen LogP) is 3.03. The van der Waals surface area contributed by atoms with Crippen LogP contribution in [-0.4, -0.2) is 48.8 Å². The van der Waals surface area contributed by atoms with E-state index in [-0.39, 0.29) is 0 Å². The average molecular weight is 385 g/mol. The molecular formula is C20H23N3O3S. The van der Waals surface area contributed by atoms with E-state index in [1.54, 1.807) is 16.4 Å². The molecule has 0 aliphatic carbocycles. The molecule has 1 aromatic heterocycles. The van der Waals surface area contributed by atoms with E-state index in [1.165, 1.54) is 0 Å². The van der Waals surface area contributed by atoms with Crippen molar-refractivity contribution < 1.29 is 12.8 Å². The highest BCUT2D eigenvalue weighted by Crippen LogP contribution is 2.20. The van der Waals surface area contributed by atoms with Crippen molar-refractivity contribution in [2.75, 3.05) is 26.2 Å². The van der Waals surface area contributed by atoms with E-state index in [4.69, 9.17) is 4.42 Å². The lowest BCUT2D eigenvalue weighted by atomic mass is 10.2. The van der Waals surface area contributed by atoms with Crippen LogP contribution >= 0.6 is 0 Å². The van der Waals surface area contributed by atoms with Gasteiger partial charge in [-0.05, 0) is 44.2 Å². The van der Waals surface area contributed by atoms with E-state index in [2.05, 4.69) is 9.88 Å². The summed E-state index contributed by atoms with van der Waals surface area (Å²) in [5.74, 6) is 0.672. The summed E-state index contributed by atoms with van der Waals surface area (Å²) in [4.78, 5) is 7.09. The maximum atomic E-state index is 12.9. The van der Waals surface area contributed by atoms with E-state index in [0.717, 1.165) is 29.6 Å². The van der Waals surface area contributed by atoms with Crippen molar-refractivity contribution in [2.24, 2.45) is 0 Å². The van der Waals surface area contributed by atoms with Gasteiger partial charge in [-0.1, -0.05) is 29.8 Å². The lowest BCUT2D eigenvalue weighted by molar-refractivity contribution is 0.253. The van der Waals surface area contributed by atoms with Gasteiger partial charge in [0.25, 0.3) is 0 Å². The molecule has 0 saturated carbocycles. The van der Waals surface area contributed by atoms with Crippen molar-refractivity contribution in [3.8, 4) is 0 Å². The fourth-order valence-corrected chi connectivity index (χ4v) is 4.85. The van der Waals surface area contributed by atoms with Gasteiger partial charge in [-0.25, -0.2) is 13.4 Å². The van der Waals surface area contributed by atoms with Crippen molar-refractivity contribution in [3.63, 3.8) is 0 Å². The Balaban J connectivity index is 1.44. The summed E-state index contributed by atoms with van der Waals surface area (Å²) in [5.41, 5.74) is 2.69. The third-order valence-electron chi connectivity index (χ3n) is 4.90. The quantitative estimate of drug-likeness (QED) is 0.691. The Morgan fingerprint density at radius 1 is 1.00 bits per heavy atom. The SMILES string of the molecule is Cc1ccc(S(=O)(=O)N2CCCN(Cc3nc4ccccc4o3)CC2)cc1. The van der Waals surface area contributed by atoms with Gasteiger partial charge in [-0.3, -0.25) is 4.90 Å². The molecule has 142 valence electrons. The van der Waals surface area contributed by atoms with Crippen LogP contribution in [0, 0.1) is 6.92 Å². The number of fused-ring (bicyclic) bond motifs is 1. The van der Waals surface area contributed by atoms with Crippen molar-refractivity contribution >= 4 is 21.1 Å². The Kier molecular flexibility index (Phi) is 4.99. The second-order valence-corrected chi connectivity index (χ2v) is 8.86. The molecule has 1 saturated heterocycles. The van der Waals surface area contributed by atoms with Gasteiger partial charge in [0, 0.05) is 19.6 Å². The monoisotopic (exact) mass is 385 g/mol. The highest BCUT2D eigenvalue weighted by molar-refractivity contribution is 7.89. The summed E-state index contributed by atoms with van der Waals surface area (Å²) in [5, 5.41) is 0. The van der Waals surface area contributed by atoms with Gasteiger partial charge in [-0.2, -0.15) is 4.31 Å². The molecule has 2 heterocycles. The molecule has 0 radical (unpaired) electrons. The molecule has 1 aliphatic rings. The normalized spacial score (nSPS) is 17.2. The van der Waals surface area contributed by atoms with Gasteiger partial charge < -0.3 is 4.42 Å². The van der Waals surface area contributed by atoms with E-state index >= 15 is 0 Å². The minimum Gasteiger partial charge on any atom is -0.439 e. The highest BCUT2D eigenvalue weighted by atomic mass is 32.2. The van der Waals surface area contributed by atoms with E-state index in [1.807, 2.05) is 43.3 Å². The van der Waals surface area contributed by atoms with Crippen LogP contribution in [0.4, 0.5) is 0 Å². The van der Waals surface area contributed by atoms with Gasteiger partial charge in [0.15, 0.2) is 5.58 Å². The van der Waals surface area contributed by atoms with Crippen molar-refractivity contribution in [1.29, 1.82) is 0 Å². The molecule has 2 aromatic carbocycles. The van der Waals surface area contributed by atoms with Crippen molar-refractivity contribution in [3.05, 3.63) is 60.0 Å². The second-order valence-electron chi connectivity index (χ2n) is 6.92. The Morgan fingerprint density at radius 3 is 2.56 bits per heavy atom. The smallest absolute Gasteiger partial charge is 0.243 e. The van der Waals surface area contributed by atoms with Gasteiger partial charge in [0.2, 0.25) is 15.9 Å². The van der Waals surface area contributed by atoms with Crippen molar-refractivity contribution in [2.45, 2.75) is 24.8 Å². The largest absolute Gasteiger partial charge is 0.439 e. The number of sulfonamides is 1. The zero-order chi connectivity index (χ0) is 18.9. The number of rotatable bonds is 4. The number of hydrogen-bond donors (Lipinski definition) is 0. The van der Waals surface area contributed by atoms with Crippen LogP contribution in [0.1, 0.15) is 17.9 Å². The van der Waals surface area contributed by atoms with E-state index in [0.29, 0.717) is 37.0 Å². The van der Waals surface area contributed by atoms with Crippen LogP contribution in [0.15, 0.2) is 57.8 Å². The molecule has 0 spiro atoms. The summed E-state index contributed by atoms with van der Waals surface area (Å²) in [6.07, 6.45) is 0.783. The standard InChI is InChI=1S/C20H23N3O3S/c1-16-7-9-17(10-8-16)27(24,25)23-12-4-11-22(13-14-23)15-20-21-18-5-2-3-6-19(18)26-20/h2-3,5-10H,4,11-15H2,1H3. The zero-order valence-electron chi connectivity index (χ0n) is 15.3. The third-order valence-corrected chi connectivity index (χ3v) is 6.82. The third kappa shape index (κ3) is 3.90. The van der Waals surface area contributed by atoms with Gasteiger partial charge >= 0.3 is 0 Å². The maximum Gasteiger partial charge on any atom is 0.243 e. The van der Waals surface area contributed by atoms with Gasteiger partial charge in [0.1, 0.15) is 5.52 Å². The first-order valence-corrected chi connectivity index (χ1v) is 10.6. The summed E-state index contributed by atoms with van der Waals surface area (Å²) >= 11 is 0.